The molecule has 3 aromatic rings. The van der Waals surface area contributed by atoms with Crippen molar-refractivity contribution in [2.75, 3.05) is 0 Å². The molecule has 0 saturated heterocycles. The molecular formula is C19H13O2S2-. The van der Waals surface area contributed by atoms with Gasteiger partial charge in [0.15, 0.2) is 0 Å². The minimum atomic E-state index is -2.08. The Morgan fingerprint density at radius 1 is 0.826 bits per heavy atom. The van der Waals surface area contributed by atoms with Gasteiger partial charge in [0.05, 0.1) is 0 Å². The second-order valence-electron chi connectivity index (χ2n) is 5.00. The molecule has 1 unspecified atom stereocenters. The first-order chi connectivity index (χ1) is 11.2. The molecule has 1 aliphatic rings. The summed E-state index contributed by atoms with van der Waals surface area (Å²) in [6, 6.07) is 20.9. The van der Waals surface area contributed by atoms with E-state index in [-0.39, 0.29) is 0 Å². The van der Waals surface area contributed by atoms with Gasteiger partial charge in [-0.05, 0) is 45.6 Å². The zero-order valence-corrected chi connectivity index (χ0v) is 13.8. The minimum absolute atomic E-state index is 0.331. The molecule has 1 atom stereocenters. The minimum Gasteiger partial charge on any atom is -0.768 e. The Morgan fingerprint density at radius 3 is 2.17 bits per heavy atom. The SMILES string of the molecule is O=S([O-])c1ccccc1.S=C1C=Cc2cccc3cccc1c23. The highest BCUT2D eigenvalue weighted by Crippen LogP contribution is 2.28. The fourth-order valence-corrected chi connectivity index (χ4v) is 3.12. The number of rotatable bonds is 1. The molecule has 1 aliphatic carbocycles. The first-order valence-electron chi connectivity index (χ1n) is 7.05. The topological polar surface area (TPSA) is 40.1 Å². The van der Waals surface area contributed by atoms with Gasteiger partial charge < -0.3 is 4.55 Å². The molecule has 0 fully saturated rings. The van der Waals surface area contributed by atoms with Crippen molar-refractivity contribution in [3.8, 4) is 0 Å². The van der Waals surface area contributed by atoms with E-state index in [0.717, 1.165) is 4.86 Å². The standard InChI is InChI=1S/C13H8S.C6H6O2S/c14-12-8-7-10-4-1-3-9-5-2-6-11(12)13(9)10;7-9(8)6-4-2-1-3-5-6/h1-8H;1-5H,(H,7,8)/p-1. The Kier molecular flexibility index (Phi) is 4.76. The van der Waals surface area contributed by atoms with Crippen molar-refractivity contribution in [3.05, 3.63) is 83.9 Å². The third-order valence-electron chi connectivity index (χ3n) is 3.55. The van der Waals surface area contributed by atoms with Crippen LogP contribution in [-0.2, 0) is 11.1 Å². The van der Waals surface area contributed by atoms with Crippen LogP contribution in [0.15, 0.2) is 77.7 Å². The number of hydrogen-bond acceptors (Lipinski definition) is 3. The average Bonchev–Trinajstić information content (AvgIpc) is 2.60. The van der Waals surface area contributed by atoms with Crippen LogP contribution >= 0.6 is 12.2 Å². The fraction of sp³-hybridized carbons (Fsp3) is 0. The lowest BCUT2D eigenvalue weighted by Gasteiger charge is -2.12. The molecule has 114 valence electrons. The zero-order chi connectivity index (χ0) is 16.2. The number of benzene rings is 3. The maximum absolute atomic E-state index is 10.2. The maximum atomic E-state index is 10.2. The highest BCUT2D eigenvalue weighted by Gasteiger charge is 2.10. The second kappa shape index (κ2) is 6.96. The van der Waals surface area contributed by atoms with Crippen LogP contribution in [0, 0.1) is 0 Å². The molecule has 0 heterocycles. The molecule has 0 spiro atoms. The van der Waals surface area contributed by atoms with E-state index in [0.29, 0.717) is 4.90 Å². The van der Waals surface area contributed by atoms with Crippen molar-refractivity contribution >= 4 is 45.0 Å². The second-order valence-corrected chi connectivity index (χ2v) is 6.38. The van der Waals surface area contributed by atoms with Crippen molar-refractivity contribution in [1.29, 1.82) is 0 Å². The third-order valence-corrected chi connectivity index (χ3v) is 4.57. The Morgan fingerprint density at radius 2 is 1.52 bits per heavy atom. The molecule has 0 radical (unpaired) electrons. The molecule has 0 aliphatic heterocycles. The highest BCUT2D eigenvalue weighted by atomic mass is 32.2. The monoisotopic (exact) mass is 337 g/mol. The normalized spacial score (nSPS) is 13.3. The predicted octanol–water partition coefficient (Wildman–Crippen LogP) is 4.51. The van der Waals surface area contributed by atoms with Crippen LogP contribution in [0.4, 0.5) is 0 Å². The first-order valence-corrected chi connectivity index (χ1v) is 8.53. The van der Waals surface area contributed by atoms with E-state index in [1.54, 1.807) is 30.3 Å². The van der Waals surface area contributed by atoms with Gasteiger partial charge in [-0.15, -0.1) is 0 Å². The summed E-state index contributed by atoms with van der Waals surface area (Å²) in [6.45, 7) is 0. The van der Waals surface area contributed by atoms with E-state index in [9.17, 15) is 8.76 Å². The summed E-state index contributed by atoms with van der Waals surface area (Å²) in [5.74, 6) is 0. The van der Waals surface area contributed by atoms with Gasteiger partial charge in [0.25, 0.3) is 0 Å². The lowest BCUT2D eigenvalue weighted by molar-refractivity contribution is 0.537. The Hall–Kier alpha value is -2.14. The first kappa shape index (κ1) is 15.7. The summed E-state index contributed by atoms with van der Waals surface area (Å²) in [7, 11) is 0. The van der Waals surface area contributed by atoms with Crippen LogP contribution in [0.2, 0.25) is 0 Å². The molecule has 0 aromatic heterocycles. The van der Waals surface area contributed by atoms with Gasteiger partial charge in [0, 0.05) is 15.3 Å². The van der Waals surface area contributed by atoms with E-state index in [4.69, 9.17) is 12.2 Å². The highest BCUT2D eigenvalue weighted by molar-refractivity contribution is 7.81. The van der Waals surface area contributed by atoms with E-state index in [1.807, 2.05) is 6.08 Å². The molecule has 0 bridgehead atoms. The number of allylic oxidation sites excluding steroid dienone is 1. The predicted molar refractivity (Wildman–Crippen MR) is 98.3 cm³/mol. The Bertz CT molecular complexity index is 910. The largest absolute Gasteiger partial charge is 0.768 e. The van der Waals surface area contributed by atoms with Crippen LogP contribution in [0.3, 0.4) is 0 Å². The molecule has 0 amide bonds. The van der Waals surface area contributed by atoms with E-state index < -0.39 is 11.1 Å². The molecular weight excluding hydrogens is 324 g/mol. The quantitative estimate of drug-likeness (QED) is 0.484. The summed E-state index contributed by atoms with van der Waals surface area (Å²) in [5.41, 5.74) is 2.46. The Balaban J connectivity index is 0.000000151. The van der Waals surface area contributed by atoms with Crippen LogP contribution < -0.4 is 0 Å². The van der Waals surface area contributed by atoms with Crippen molar-refractivity contribution in [2.24, 2.45) is 0 Å². The summed E-state index contributed by atoms with van der Waals surface area (Å²) >= 11 is 3.23. The van der Waals surface area contributed by atoms with Crippen LogP contribution in [0.1, 0.15) is 11.1 Å². The maximum Gasteiger partial charge on any atom is 0.0456 e. The van der Waals surface area contributed by atoms with E-state index in [2.05, 4.69) is 42.5 Å². The summed E-state index contributed by atoms with van der Waals surface area (Å²) in [5, 5.41) is 2.56. The van der Waals surface area contributed by atoms with E-state index >= 15 is 0 Å². The molecule has 0 saturated carbocycles. The number of thiocarbonyl (C=S) groups is 1. The van der Waals surface area contributed by atoms with Gasteiger partial charge >= 0.3 is 0 Å². The molecule has 2 nitrogen and oxygen atoms in total. The lowest BCUT2D eigenvalue weighted by atomic mass is 9.93. The zero-order valence-electron chi connectivity index (χ0n) is 12.1. The fourth-order valence-electron chi connectivity index (χ4n) is 2.50. The van der Waals surface area contributed by atoms with Gasteiger partial charge in [-0.2, -0.15) is 0 Å². The lowest BCUT2D eigenvalue weighted by Crippen LogP contribution is -1.99. The van der Waals surface area contributed by atoms with Crippen LogP contribution in [0.25, 0.3) is 16.8 Å². The molecule has 23 heavy (non-hydrogen) atoms. The van der Waals surface area contributed by atoms with Gasteiger partial charge in [-0.1, -0.05) is 72.9 Å². The van der Waals surface area contributed by atoms with Gasteiger partial charge in [0.2, 0.25) is 0 Å². The van der Waals surface area contributed by atoms with Gasteiger partial charge in [-0.25, -0.2) is 0 Å². The van der Waals surface area contributed by atoms with Crippen LogP contribution in [-0.4, -0.2) is 13.6 Å². The third kappa shape index (κ3) is 3.45. The number of hydrogen-bond donors (Lipinski definition) is 0. The van der Waals surface area contributed by atoms with Gasteiger partial charge in [-0.3, -0.25) is 4.21 Å². The van der Waals surface area contributed by atoms with Gasteiger partial charge in [0.1, 0.15) is 0 Å². The molecule has 3 aromatic carbocycles. The van der Waals surface area contributed by atoms with E-state index in [1.165, 1.54) is 21.9 Å². The van der Waals surface area contributed by atoms with Crippen molar-refractivity contribution < 1.29 is 8.76 Å². The smallest absolute Gasteiger partial charge is 0.0456 e. The Labute approximate surface area is 142 Å². The van der Waals surface area contributed by atoms with Crippen molar-refractivity contribution in [3.63, 3.8) is 0 Å². The molecule has 4 heteroatoms. The molecule has 4 rings (SSSR count). The van der Waals surface area contributed by atoms with Crippen LogP contribution in [0.5, 0.6) is 0 Å². The molecule has 0 N–H and O–H groups in total. The van der Waals surface area contributed by atoms with Crippen molar-refractivity contribution in [2.45, 2.75) is 4.90 Å². The summed E-state index contributed by atoms with van der Waals surface area (Å²) in [4.78, 5) is 1.27. The summed E-state index contributed by atoms with van der Waals surface area (Å²) in [6.07, 6.45) is 4.10. The van der Waals surface area contributed by atoms with Crippen molar-refractivity contribution in [1.82, 2.24) is 0 Å². The average molecular weight is 337 g/mol. The summed E-state index contributed by atoms with van der Waals surface area (Å²) < 4.78 is 20.4.